The van der Waals surface area contributed by atoms with Crippen molar-refractivity contribution in [2.24, 2.45) is 5.41 Å². The fourth-order valence-corrected chi connectivity index (χ4v) is 2.83. The predicted octanol–water partition coefficient (Wildman–Crippen LogP) is 2.54. The smallest absolute Gasteiger partial charge is 0.410 e. The number of carbonyl (C=O) groups excluding carboxylic acids is 2. The van der Waals surface area contributed by atoms with Crippen molar-refractivity contribution in [3.8, 4) is 5.75 Å². The van der Waals surface area contributed by atoms with Gasteiger partial charge in [-0.2, -0.15) is 0 Å². The molecule has 0 saturated carbocycles. The zero-order valence-electron chi connectivity index (χ0n) is 16.9. The van der Waals surface area contributed by atoms with Crippen molar-refractivity contribution in [2.45, 2.75) is 33.4 Å². The molecular weight excluding hydrogens is 348 g/mol. The topological polar surface area (TPSA) is 68.3 Å². The van der Waals surface area contributed by atoms with Crippen molar-refractivity contribution in [2.75, 3.05) is 40.5 Å². The molecule has 1 fully saturated rings. The third-order valence-electron chi connectivity index (χ3n) is 4.30. The fraction of sp³-hybridized carbons (Fsp3) is 0.600. The van der Waals surface area contributed by atoms with E-state index in [1.54, 1.807) is 19.1 Å². The first-order valence-corrected chi connectivity index (χ1v) is 9.07. The van der Waals surface area contributed by atoms with Crippen molar-refractivity contribution >= 4 is 12.0 Å². The third kappa shape index (κ3) is 6.13. The standard InChI is InChI=1S/C20H30N2O5/c1-20(2,3)14-27-19(24)22-12-16(25-4)11-21(18(23)13-22)10-15-8-6-7-9-17(15)26-5/h6-9,16H,10-14H2,1-5H3. The molecule has 7 heteroatoms. The number of para-hydroxylation sites is 1. The summed E-state index contributed by atoms with van der Waals surface area (Å²) in [4.78, 5) is 28.3. The summed E-state index contributed by atoms with van der Waals surface area (Å²) in [6.07, 6.45) is -0.771. The summed E-state index contributed by atoms with van der Waals surface area (Å²) >= 11 is 0. The summed E-state index contributed by atoms with van der Waals surface area (Å²) in [5, 5.41) is 0. The lowest BCUT2D eigenvalue weighted by atomic mass is 9.99. The summed E-state index contributed by atoms with van der Waals surface area (Å²) < 4.78 is 16.2. The monoisotopic (exact) mass is 378 g/mol. The summed E-state index contributed by atoms with van der Waals surface area (Å²) in [6.45, 7) is 7.33. The van der Waals surface area contributed by atoms with E-state index in [1.165, 1.54) is 4.90 Å². The normalized spacial score (nSPS) is 18.3. The van der Waals surface area contributed by atoms with Crippen molar-refractivity contribution in [1.29, 1.82) is 0 Å². The van der Waals surface area contributed by atoms with Crippen molar-refractivity contribution in [1.82, 2.24) is 9.80 Å². The quantitative estimate of drug-likeness (QED) is 0.788. The molecule has 1 aliphatic heterocycles. The SMILES string of the molecule is COc1ccccc1CN1CC(OC)CN(C(=O)OCC(C)(C)C)CC1=O. The zero-order chi connectivity index (χ0) is 20.0. The Labute approximate surface area is 161 Å². The zero-order valence-corrected chi connectivity index (χ0v) is 16.9. The number of hydrogen-bond acceptors (Lipinski definition) is 5. The molecule has 1 heterocycles. The molecule has 0 spiro atoms. The van der Waals surface area contributed by atoms with E-state index in [0.29, 0.717) is 26.2 Å². The molecule has 1 atom stereocenters. The molecule has 1 saturated heterocycles. The second-order valence-electron chi connectivity index (χ2n) is 7.94. The summed E-state index contributed by atoms with van der Waals surface area (Å²) in [7, 11) is 3.19. The molecule has 0 radical (unpaired) electrons. The van der Waals surface area contributed by atoms with E-state index >= 15 is 0 Å². The first kappa shape index (κ1) is 21.0. The molecule has 27 heavy (non-hydrogen) atoms. The van der Waals surface area contributed by atoms with Crippen LogP contribution in [-0.2, 0) is 20.8 Å². The van der Waals surface area contributed by atoms with E-state index in [4.69, 9.17) is 14.2 Å². The van der Waals surface area contributed by atoms with Gasteiger partial charge in [-0.1, -0.05) is 39.0 Å². The predicted molar refractivity (Wildman–Crippen MR) is 102 cm³/mol. The molecule has 7 nitrogen and oxygen atoms in total. The Morgan fingerprint density at radius 2 is 1.89 bits per heavy atom. The van der Waals surface area contributed by atoms with Crippen molar-refractivity contribution in [3.05, 3.63) is 29.8 Å². The summed E-state index contributed by atoms with van der Waals surface area (Å²) in [6, 6.07) is 7.58. The highest BCUT2D eigenvalue weighted by molar-refractivity contribution is 5.83. The highest BCUT2D eigenvalue weighted by Crippen LogP contribution is 2.21. The molecule has 1 aromatic rings. The van der Waals surface area contributed by atoms with Gasteiger partial charge in [0.2, 0.25) is 5.91 Å². The number of ether oxygens (including phenoxy) is 3. The van der Waals surface area contributed by atoms with Crippen LogP contribution in [0, 0.1) is 5.41 Å². The maximum absolute atomic E-state index is 12.8. The maximum atomic E-state index is 12.8. The number of amides is 2. The molecule has 0 aliphatic carbocycles. The van der Waals surface area contributed by atoms with Gasteiger partial charge in [0, 0.05) is 25.8 Å². The van der Waals surface area contributed by atoms with Gasteiger partial charge in [-0.25, -0.2) is 4.79 Å². The third-order valence-corrected chi connectivity index (χ3v) is 4.30. The van der Waals surface area contributed by atoms with Gasteiger partial charge in [0.15, 0.2) is 0 Å². The van der Waals surface area contributed by atoms with E-state index in [-0.39, 0.29) is 24.0 Å². The Kier molecular flexibility index (Phi) is 7.07. The van der Waals surface area contributed by atoms with Gasteiger partial charge >= 0.3 is 6.09 Å². The van der Waals surface area contributed by atoms with Crippen LogP contribution in [0.3, 0.4) is 0 Å². The molecule has 0 bridgehead atoms. The fourth-order valence-electron chi connectivity index (χ4n) is 2.83. The number of nitrogens with zero attached hydrogens (tertiary/aromatic N) is 2. The number of rotatable bonds is 5. The minimum Gasteiger partial charge on any atom is -0.496 e. The molecule has 1 aliphatic rings. The van der Waals surface area contributed by atoms with E-state index in [1.807, 2.05) is 45.0 Å². The first-order chi connectivity index (χ1) is 12.7. The molecule has 1 aromatic carbocycles. The van der Waals surface area contributed by atoms with Gasteiger partial charge in [-0.05, 0) is 11.5 Å². The highest BCUT2D eigenvalue weighted by Gasteiger charge is 2.32. The average Bonchev–Trinajstić information content (AvgIpc) is 2.78. The average molecular weight is 378 g/mol. The van der Waals surface area contributed by atoms with Gasteiger partial charge in [-0.3, -0.25) is 9.69 Å². The van der Waals surface area contributed by atoms with Gasteiger partial charge < -0.3 is 19.1 Å². The Morgan fingerprint density at radius 3 is 2.52 bits per heavy atom. The van der Waals surface area contributed by atoms with Crippen LogP contribution in [0.4, 0.5) is 4.79 Å². The van der Waals surface area contributed by atoms with E-state index in [2.05, 4.69) is 0 Å². The van der Waals surface area contributed by atoms with Crippen LogP contribution in [0.1, 0.15) is 26.3 Å². The number of hydrogen-bond donors (Lipinski definition) is 0. The van der Waals surface area contributed by atoms with Crippen LogP contribution in [0.2, 0.25) is 0 Å². The van der Waals surface area contributed by atoms with Crippen LogP contribution in [0.5, 0.6) is 5.75 Å². The van der Waals surface area contributed by atoms with Crippen molar-refractivity contribution < 1.29 is 23.8 Å². The highest BCUT2D eigenvalue weighted by atomic mass is 16.6. The van der Waals surface area contributed by atoms with Crippen molar-refractivity contribution in [3.63, 3.8) is 0 Å². The Hall–Kier alpha value is -2.28. The van der Waals surface area contributed by atoms with Gasteiger partial charge in [0.25, 0.3) is 0 Å². The van der Waals surface area contributed by atoms with Gasteiger partial charge in [-0.15, -0.1) is 0 Å². The molecule has 1 unspecified atom stereocenters. The maximum Gasteiger partial charge on any atom is 0.410 e. The van der Waals surface area contributed by atoms with E-state index in [0.717, 1.165) is 11.3 Å². The Bertz CT molecular complexity index is 656. The molecule has 150 valence electrons. The lowest BCUT2D eigenvalue weighted by Gasteiger charge is -2.24. The first-order valence-electron chi connectivity index (χ1n) is 9.07. The van der Waals surface area contributed by atoms with Gasteiger partial charge in [0.1, 0.15) is 12.3 Å². The lowest BCUT2D eigenvalue weighted by molar-refractivity contribution is -0.132. The lowest BCUT2D eigenvalue weighted by Crippen LogP contribution is -2.40. The summed E-state index contributed by atoms with van der Waals surface area (Å²) in [5.41, 5.74) is 0.772. The molecular formula is C20H30N2O5. The van der Waals surface area contributed by atoms with E-state index in [9.17, 15) is 9.59 Å². The Morgan fingerprint density at radius 1 is 1.19 bits per heavy atom. The largest absolute Gasteiger partial charge is 0.496 e. The van der Waals surface area contributed by atoms with Gasteiger partial charge in [0.05, 0.1) is 26.4 Å². The Balaban J connectivity index is 2.10. The van der Waals surface area contributed by atoms with Crippen LogP contribution in [0.15, 0.2) is 24.3 Å². The molecule has 0 aromatic heterocycles. The molecule has 2 amide bonds. The van der Waals surface area contributed by atoms with Crippen LogP contribution in [0.25, 0.3) is 0 Å². The van der Waals surface area contributed by atoms with Crippen LogP contribution < -0.4 is 4.74 Å². The second kappa shape index (κ2) is 9.08. The molecule has 2 rings (SSSR count). The summed E-state index contributed by atoms with van der Waals surface area (Å²) in [5.74, 6) is 0.582. The van der Waals surface area contributed by atoms with Crippen LogP contribution >= 0.6 is 0 Å². The second-order valence-corrected chi connectivity index (χ2v) is 7.94. The minimum atomic E-state index is -0.487. The van der Waals surface area contributed by atoms with Crippen LogP contribution in [-0.4, -0.2) is 68.4 Å². The minimum absolute atomic E-state index is 0.0298. The number of methoxy groups -OCH3 is 2. The van der Waals surface area contributed by atoms with E-state index < -0.39 is 6.09 Å². The number of carbonyl (C=O) groups is 2. The molecule has 0 N–H and O–H groups in total. The number of benzene rings is 1.